The second-order valence-corrected chi connectivity index (χ2v) is 31.6. The molecule has 3 fully saturated rings. The number of cyclic esters (lactones) is 1. The minimum atomic E-state index is -1.81. The second kappa shape index (κ2) is 45.1. The molecule has 106 heavy (non-hydrogen) atoms. The Morgan fingerprint density at radius 2 is 1.12 bits per heavy atom. The summed E-state index contributed by atoms with van der Waals surface area (Å²) in [6, 6.07) is -16.1. The van der Waals surface area contributed by atoms with Crippen molar-refractivity contribution in [1.29, 1.82) is 0 Å². The molecule has 3 aliphatic rings. The number of carbonyl (C=O) groups is 14. The molecule has 2 saturated heterocycles. The lowest BCUT2D eigenvalue weighted by Gasteiger charge is -2.34. The fourth-order valence-corrected chi connectivity index (χ4v) is 13.2. The van der Waals surface area contributed by atoms with Crippen LogP contribution in [0.25, 0.3) is 0 Å². The fraction of sp³-hybridized carbons (Fsp3) is 0.789. The molecule has 0 unspecified atom stereocenters. The maximum atomic E-state index is 15.1. The van der Waals surface area contributed by atoms with Crippen LogP contribution in [0, 0.1) is 53.3 Å². The first kappa shape index (κ1) is 92.4. The molecule has 1 saturated carbocycles. The van der Waals surface area contributed by atoms with Crippen molar-refractivity contribution in [2.24, 2.45) is 59.0 Å². The lowest BCUT2D eigenvalue weighted by Crippen LogP contribution is -2.64. The number of nitrogens with one attached hydrogen (secondary N) is 12. The van der Waals surface area contributed by atoms with E-state index in [1.807, 2.05) is 13.8 Å². The third-order valence-corrected chi connectivity index (χ3v) is 20.6. The molecule has 0 spiro atoms. The molecule has 15 N–H and O–H groups in total. The predicted molar refractivity (Wildman–Crippen MR) is 401 cm³/mol. The standard InChI is InChI=1S/C76H132N14O16/c1-20-45(16)60(72(101)89-63-48(19)106-76(105)59(44(14)15)85-64(93)50(22-3)78-65(94)52(36-35-49-30-24-23-25-31-49)80-68(97)56(41(8)9)82-71(100)61(46(17)21-2)87-74(63)103)86-66(95)51(32-27-37-77)79-67(96)53-33-28-38-90(53)75(104)58(43(12)13)84-70(99)57(42(10)11)83-73(102)62(47(18)91)88-69(98)55(40(6)7)81-54(92)34-26-29-39(4)5/h22,39-49,51-53,55-63,91H,20-21,23-38,77H2,1-19H3,(H,78,94)(H,79,96)(H,80,97)(H,81,92)(H,82,100)(H,83,102)(H,84,99)(H,85,93)(H,86,95)(H,87,103)(H,88,98)(H,89,101)/b50-22-/t45-,46-,47-,48+,51+,52+,53-,55-,56-,57+,58-,59+,60-,61-,62+,63-/m1/s1. The average molecular weight is 1500 g/mol. The summed E-state index contributed by atoms with van der Waals surface area (Å²) >= 11 is 0. The largest absolute Gasteiger partial charge is 0.458 e. The van der Waals surface area contributed by atoms with E-state index in [0.29, 0.717) is 37.5 Å². The minimum absolute atomic E-state index is 0.0452. The van der Waals surface area contributed by atoms with Crippen LogP contribution in [-0.2, 0) is 71.9 Å². The van der Waals surface area contributed by atoms with Crippen molar-refractivity contribution in [1.82, 2.24) is 68.7 Å². The molecule has 0 aromatic rings. The van der Waals surface area contributed by atoms with Gasteiger partial charge in [0.2, 0.25) is 70.9 Å². The van der Waals surface area contributed by atoms with Crippen LogP contribution in [-0.4, -0.2) is 191 Å². The van der Waals surface area contributed by atoms with E-state index < -0.39 is 203 Å². The van der Waals surface area contributed by atoms with Crippen molar-refractivity contribution in [3.05, 3.63) is 11.8 Å². The zero-order valence-corrected chi connectivity index (χ0v) is 66.7. The maximum Gasteiger partial charge on any atom is 0.329 e. The van der Waals surface area contributed by atoms with Crippen LogP contribution in [0.2, 0.25) is 0 Å². The van der Waals surface area contributed by atoms with Crippen LogP contribution < -0.4 is 69.5 Å². The Labute approximate surface area is 628 Å². The van der Waals surface area contributed by atoms with Gasteiger partial charge in [0.05, 0.1) is 6.10 Å². The quantitative estimate of drug-likeness (QED) is 0.0325. The molecule has 16 atom stereocenters. The highest BCUT2D eigenvalue weighted by molar-refractivity contribution is 6.03. The summed E-state index contributed by atoms with van der Waals surface area (Å²) in [5.74, 6) is -14.4. The Bertz CT molecular complexity index is 3010. The number of aliphatic hydroxyl groups excluding tert-OH is 1. The van der Waals surface area contributed by atoms with Gasteiger partial charge in [-0.25, -0.2) is 4.79 Å². The Balaban J connectivity index is 1.99. The van der Waals surface area contributed by atoms with Crippen molar-refractivity contribution in [2.75, 3.05) is 13.1 Å². The molecule has 602 valence electrons. The summed E-state index contributed by atoms with van der Waals surface area (Å²) < 4.78 is 5.98. The summed E-state index contributed by atoms with van der Waals surface area (Å²) in [5.41, 5.74) is 5.74. The van der Waals surface area contributed by atoms with Crippen LogP contribution in [0.1, 0.15) is 234 Å². The number of ether oxygens (including phenoxy) is 1. The first-order chi connectivity index (χ1) is 49.7. The molecule has 13 amide bonds. The van der Waals surface area contributed by atoms with Crippen LogP contribution in [0.4, 0.5) is 0 Å². The van der Waals surface area contributed by atoms with Crippen molar-refractivity contribution in [3.8, 4) is 0 Å². The number of esters is 1. The van der Waals surface area contributed by atoms with E-state index >= 15 is 9.59 Å². The minimum Gasteiger partial charge on any atom is -0.458 e. The Hall–Kier alpha value is -7.76. The number of aliphatic hydroxyl groups is 1. The molecule has 0 bridgehead atoms. The highest BCUT2D eigenvalue weighted by Gasteiger charge is 2.45. The zero-order valence-electron chi connectivity index (χ0n) is 66.7. The molecular formula is C76H132N14O16. The van der Waals surface area contributed by atoms with Gasteiger partial charge in [-0.2, -0.15) is 0 Å². The highest BCUT2D eigenvalue weighted by atomic mass is 16.5. The first-order valence-corrected chi connectivity index (χ1v) is 38.9. The number of carbonyl (C=O) groups excluding carboxylic acids is 14. The SMILES string of the molecule is C/C=C1\NC(=O)[C@H](CCC2CCCCC2)NC(=O)[C@@H](C(C)C)NC(=O)[C@@H]([C@H](C)CC)NC(=O)[C@H](NC(=O)[C@H](NC(=O)[C@H](CCCN)NC(=O)[C@H]2CCCN2C(=O)[C@H](NC(=O)[C@@H](NC(=O)[C@@H](NC(=O)[C@H](NC(=O)CCCC(C)C)C(C)C)[C@@H](C)O)C(C)C)C(C)C)[C@H](C)CC)[C@H](C)OC(=O)[C@H](C(C)C)NC1=O. The molecule has 2 aliphatic heterocycles. The van der Waals surface area contributed by atoms with Crippen LogP contribution in [0.3, 0.4) is 0 Å². The number of rotatable bonds is 34. The molecule has 3 rings (SSSR count). The molecule has 0 aromatic carbocycles. The fourth-order valence-electron chi connectivity index (χ4n) is 13.2. The highest BCUT2D eigenvalue weighted by Crippen LogP contribution is 2.29. The van der Waals surface area contributed by atoms with Crippen molar-refractivity contribution in [3.63, 3.8) is 0 Å². The molecule has 0 aromatic heterocycles. The molecule has 30 nitrogen and oxygen atoms in total. The van der Waals surface area contributed by atoms with E-state index in [-0.39, 0.29) is 63.2 Å². The summed E-state index contributed by atoms with van der Waals surface area (Å²) in [4.78, 5) is 202. The first-order valence-electron chi connectivity index (χ1n) is 38.9. The summed E-state index contributed by atoms with van der Waals surface area (Å²) in [5, 5.41) is 43.5. The number of likely N-dealkylation sites (tertiary alicyclic amines) is 1. The van der Waals surface area contributed by atoms with Crippen LogP contribution in [0.5, 0.6) is 0 Å². The number of nitrogens with two attached hydrogens (primary N) is 1. The Morgan fingerprint density at radius 1 is 0.575 bits per heavy atom. The zero-order chi connectivity index (χ0) is 80.1. The lowest BCUT2D eigenvalue weighted by atomic mass is 9.85. The van der Waals surface area contributed by atoms with E-state index in [0.717, 1.165) is 38.5 Å². The lowest BCUT2D eigenvalue weighted by molar-refractivity contribution is -0.157. The van der Waals surface area contributed by atoms with E-state index in [1.54, 1.807) is 96.9 Å². The average Bonchev–Trinajstić information content (AvgIpc) is 1.16. The Morgan fingerprint density at radius 3 is 1.66 bits per heavy atom. The Kier molecular flexibility index (Phi) is 39.4. The smallest absolute Gasteiger partial charge is 0.329 e. The van der Waals surface area contributed by atoms with Gasteiger partial charge in [-0.05, 0) is 126 Å². The number of hydrogen-bond donors (Lipinski definition) is 14. The van der Waals surface area contributed by atoms with Crippen molar-refractivity contribution < 1.29 is 77.0 Å². The van der Waals surface area contributed by atoms with Crippen LogP contribution >= 0.6 is 0 Å². The predicted octanol–water partition coefficient (Wildman–Crippen LogP) is 2.95. The van der Waals surface area contributed by atoms with Crippen molar-refractivity contribution >= 4 is 82.8 Å². The van der Waals surface area contributed by atoms with E-state index in [2.05, 4.69) is 63.8 Å². The number of nitrogens with zero attached hydrogens (tertiary/aromatic N) is 1. The van der Waals surface area contributed by atoms with Crippen LogP contribution in [0.15, 0.2) is 11.8 Å². The van der Waals surface area contributed by atoms with Gasteiger partial charge in [-0.1, -0.05) is 168 Å². The summed E-state index contributed by atoms with van der Waals surface area (Å²) in [7, 11) is 0. The third-order valence-electron chi connectivity index (χ3n) is 20.6. The van der Waals surface area contributed by atoms with Gasteiger partial charge in [-0.3, -0.25) is 62.3 Å². The number of hydrogen-bond acceptors (Lipinski definition) is 17. The molecule has 0 radical (unpaired) electrons. The van der Waals surface area contributed by atoms with Gasteiger partial charge in [0, 0.05) is 13.0 Å². The number of amides is 13. The summed E-state index contributed by atoms with van der Waals surface area (Å²) in [6.45, 7) is 32.0. The van der Waals surface area contributed by atoms with E-state index in [1.165, 1.54) is 31.7 Å². The number of allylic oxidation sites excluding steroid dienone is 1. The molecular weight excluding hydrogens is 1360 g/mol. The maximum absolute atomic E-state index is 15.1. The molecule has 1 aliphatic carbocycles. The monoisotopic (exact) mass is 1500 g/mol. The van der Waals surface area contributed by atoms with E-state index in [9.17, 15) is 62.6 Å². The topological polar surface area (TPSA) is 442 Å². The second-order valence-electron chi connectivity index (χ2n) is 31.6. The third kappa shape index (κ3) is 28.4. The van der Waals surface area contributed by atoms with Gasteiger partial charge >= 0.3 is 5.97 Å². The van der Waals surface area contributed by atoms with Gasteiger partial charge in [0.25, 0.3) is 5.91 Å². The van der Waals surface area contributed by atoms with Crippen molar-refractivity contribution in [2.45, 2.75) is 319 Å². The molecule has 2 heterocycles. The van der Waals surface area contributed by atoms with Gasteiger partial charge < -0.3 is 84.3 Å². The van der Waals surface area contributed by atoms with Gasteiger partial charge in [-0.15, -0.1) is 0 Å². The van der Waals surface area contributed by atoms with E-state index in [4.69, 9.17) is 10.5 Å². The molecule has 30 heteroatoms. The summed E-state index contributed by atoms with van der Waals surface area (Å²) in [6.07, 6.45) is 7.09. The van der Waals surface area contributed by atoms with Gasteiger partial charge in [0.1, 0.15) is 84.3 Å². The normalized spacial score (nSPS) is 23.6. The van der Waals surface area contributed by atoms with Gasteiger partial charge in [0.15, 0.2) is 0 Å².